The zero-order valence-corrected chi connectivity index (χ0v) is 16.4. The molecule has 2 amide bonds. The van der Waals surface area contributed by atoms with Gasteiger partial charge in [-0.05, 0) is 25.0 Å². The first kappa shape index (κ1) is 19.6. The van der Waals surface area contributed by atoms with Gasteiger partial charge in [0.25, 0.3) is 5.91 Å². The number of carbonyl (C=O) groups excluding carboxylic acids is 2. The Morgan fingerprint density at radius 1 is 1.37 bits per heavy atom. The molecular formula is C17H20N4O4S2. The second kappa shape index (κ2) is 9.67. The molecule has 144 valence electrons. The number of hydrogen-bond acceptors (Lipinski definition) is 9. The molecule has 27 heavy (non-hydrogen) atoms. The van der Waals surface area contributed by atoms with Crippen molar-refractivity contribution in [3.8, 4) is 5.75 Å². The first-order chi connectivity index (χ1) is 13.2. The molecule has 0 bridgehead atoms. The summed E-state index contributed by atoms with van der Waals surface area (Å²) in [5.41, 5.74) is 0.315. The summed E-state index contributed by atoms with van der Waals surface area (Å²) in [4.78, 5) is 24.2. The lowest BCUT2D eigenvalue weighted by molar-refractivity contribution is -0.117. The molecule has 0 aliphatic carbocycles. The summed E-state index contributed by atoms with van der Waals surface area (Å²) in [6.45, 7) is 1.51. The van der Waals surface area contributed by atoms with Gasteiger partial charge in [0.15, 0.2) is 4.34 Å². The number of thioether (sulfide) groups is 1. The van der Waals surface area contributed by atoms with Crippen molar-refractivity contribution in [1.29, 1.82) is 0 Å². The molecular weight excluding hydrogens is 388 g/mol. The monoisotopic (exact) mass is 408 g/mol. The summed E-state index contributed by atoms with van der Waals surface area (Å²) in [7, 11) is 1.48. The Morgan fingerprint density at radius 3 is 3.00 bits per heavy atom. The van der Waals surface area contributed by atoms with Gasteiger partial charge in [-0.3, -0.25) is 14.9 Å². The first-order valence-corrected chi connectivity index (χ1v) is 10.2. The second-order valence-electron chi connectivity index (χ2n) is 5.76. The van der Waals surface area contributed by atoms with Crippen LogP contribution in [-0.4, -0.2) is 54.1 Å². The molecule has 10 heteroatoms. The van der Waals surface area contributed by atoms with Crippen LogP contribution in [0.25, 0.3) is 0 Å². The van der Waals surface area contributed by atoms with E-state index in [9.17, 15) is 9.59 Å². The van der Waals surface area contributed by atoms with Gasteiger partial charge in [0, 0.05) is 13.2 Å². The molecule has 3 rings (SSSR count). The Morgan fingerprint density at radius 2 is 2.22 bits per heavy atom. The number of anilines is 1. The Hall–Kier alpha value is -2.17. The van der Waals surface area contributed by atoms with E-state index in [2.05, 4.69) is 20.8 Å². The highest BCUT2D eigenvalue weighted by molar-refractivity contribution is 8.01. The molecule has 0 radical (unpaired) electrons. The number of nitrogens with one attached hydrogen (secondary N) is 2. The lowest BCUT2D eigenvalue weighted by Gasteiger charge is -2.08. The molecule has 1 saturated heterocycles. The number of methoxy groups -OCH3 is 1. The van der Waals surface area contributed by atoms with Gasteiger partial charge in [0.1, 0.15) is 5.75 Å². The minimum absolute atomic E-state index is 0.0707. The fourth-order valence-electron chi connectivity index (χ4n) is 2.54. The van der Waals surface area contributed by atoms with E-state index in [4.69, 9.17) is 9.47 Å². The minimum atomic E-state index is -0.491. The maximum Gasteiger partial charge on any atom is 0.261 e. The molecule has 2 aromatic rings. The smallest absolute Gasteiger partial charge is 0.261 e. The molecule has 0 saturated carbocycles. The zero-order chi connectivity index (χ0) is 19.1. The Balaban J connectivity index is 1.44. The van der Waals surface area contributed by atoms with Crippen molar-refractivity contribution in [2.24, 2.45) is 0 Å². The molecule has 1 aromatic heterocycles. The van der Waals surface area contributed by atoms with Crippen molar-refractivity contribution < 1.29 is 19.1 Å². The lowest BCUT2D eigenvalue weighted by atomic mass is 10.2. The van der Waals surface area contributed by atoms with E-state index in [0.717, 1.165) is 19.4 Å². The van der Waals surface area contributed by atoms with Gasteiger partial charge < -0.3 is 14.8 Å². The van der Waals surface area contributed by atoms with Gasteiger partial charge in [-0.2, -0.15) is 0 Å². The van der Waals surface area contributed by atoms with Crippen molar-refractivity contribution in [3.63, 3.8) is 0 Å². The number of carbonyl (C=O) groups is 2. The number of aromatic nitrogens is 2. The molecule has 1 aliphatic heterocycles. The van der Waals surface area contributed by atoms with Gasteiger partial charge in [0.05, 0.1) is 24.5 Å². The minimum Gasteiger partial charge on any atom is -0.496 e. The van der Waals surface area contributed by atoms with Crippen molar-refractivity contribution in [1.82, 2.24) is 15.5 Å². The normalized spacial score (nSPS) is 16.1. The van der Waals surface area contributed by atoms with E-state index < -0.39 is 11.8 Å². The van der Waals surface area contributed by atoms with Crippen LogP contribution in [-0.2, 0) is 9.53 Å². The number of benzene rings is 1. The van der Waals surface area contributed by atoms with Gasteiger partial charge in [-0.15, -0.1) is 10.2 Å². The number of ether oxygens (including phenoxy) is 2. The fraction of sp³-hybridized carbons (Fsp3) is 0.412. The molecule has 2 heterocycles. The van der Waals surface area contributed by atoms with Gasteiger partial charge in [-0.25, -0.2) is 0 Å². The standard InChI is InChI=1S/C17H20N4O4S2/c1-24-13-7-3-2-6-12(13)15(23)19-14(22)10-26-17-21-20-16(27-17)18-9-11-5-4-8-25-11/h2-3,6-7,11H,4-5,8-10H2,1H3,(H,18,20)(H,19,22,23)/t11-/m0/s1. The summed E-state index contributed by atoms with van der Waals surface area (Å²) < 4.78 is 11.3. The average Bonchev–Trinajstić information content (AvgIpc) is 3.36. The molecule has 1 aromatic carbocycles. The van der Waals surface area contributed by atoms with Crippen LogP contribution in [0.4, 0.5) is 5.13 Å². The van der Waals surface area contributed by atoms with Crippen LogP contribution in [0, 0.1) is 0 Å². The highest BCUT2D eigenvalue weighted by atomic mass is 32.2. The molecule has 1 fully saturated rings. The predicted molar refractivity (Wildman–Crippen MR) is 104 cm³/mol. The number of para-hydroxylation sites is 1. The van der Waals surface area contributed by atoms with Crippen LogP contribution in [0.2, 0.25) is 0 Å². The third-order valence-electron chi connectivity index (χ3n) is 3.84. The number of imide groups is 1. The maximum atomic E-state index is 12.2. The summed E-state index contributed by atoms with van der Waals surface area (Å²) in [6.07, 6.45) is 2.36. The van der Waals surface area contributed by atoms with Crippen molar-refractivity contribution in [2.45, 2.75) is 23.3 Å². The van der Waals surface area contributed by atoms with Crippen LogP contribution in [0.3, 0.4) is 0 Å². The topological polar surface area (TPSA) is 102 Å². The molecule has 0 unspecified atom stereocenters. The third kappa shape index (κ3) is 5.65. The largest absolute Gasteiger partial charge is 0.496 e. The molecule has 1 aliphatic rings. The SMILES string of the molecule is COc1ccccc1C(=O)NC(=O)CSc1nnc(NC[C@@H]2CCCO2)s1. The number of amides is 2. The van der Waals surface area contributed by atoms with Gasteiger partial charge in [-0.1, -0.05) is 35.2 Å². The summed E-state index contributed by atoms with van der Waals surface area (Å²) in [5.74, 6) is -0.405. The van der Waals surface area contributed by atoms with E-state index in [-0.39, 0.29) is 11.9 Å². The summed E-state index contributed by atoms with van der Waals surface area (Å²) in [6, 6.07) is 6.74. The predicted octanol–water partition coefficient (Wildman–Crippen LogP) is 2.19. The third-order valence-corrected chi connectivity index (χ3v) is 5.86. The summed E-state index contributed by atoms with van der Waals surface area (Å²) in [5, 5.41) is 14.3. The number of nitrogens with zero attached hydrogens (tertiary/aromatic N) is 2. The molecule has 2 N–H and O–H groups in total. The molecule has 0 spiro atoms. The van der Waals surface area contributed by atoms with Crippen LogP contribution >= 0.6 is 23.1 Å². The Bertz CT molecular complexity index is 793. The van der Waals surface area contributed by atoms with Gasteiger partial charge in [0.2, 0.25) is 11.0 Å². The van der Waals surface area contributed by atoms with Crippen molar-refractivity contribution in [2.75, 3.05) is 31.3 Å². The highest BCUT2D eigenvalue weighted by Crippen LogP contribution is 2.26. The number of rotatable bonds is 8. The number of hydrogen-bond donors (Lipinski definition) is 2. The van der Waals surface area contributed by atoms with E-state index in [1.165, 1.54) is 30.2 Å². The molecule has 8 nitrogen and oxygen atoms in total. The summed E-state index contributed by atoms with van der Waals surface area (Å²) >= 11 is 2.60. The van der Waals surface area contributed by atoms with E-state index in [1.54, 1.807) is 24.3 Å². The van der Waals surface area contributed by atoms with E-state index >= 15 is 0 Å². The average molecular weight is 409 g/mol. The zero-order valence-electron chi connectivity index (χ0n) is 14.8. The van der Waals surface area contributed by atoms with Crippen molar-refractivity contribution >= 4 is 40.0 Å². The van der Waals surface area contributed by atoms with Gasteiger partial charge >= 0.3 is 0 Å². The van der Waals surface area contributed by atoms with Crippen molar-refractivity contribution in [3.05, 3.63) is 29.8 Å². The maximum absolute atomic E-state index is 12.2. The second-order valence-corrected chi connectivity index (χ2v) is 7.96. The molecule has 1 atom stereocenters. The Kier molecular flexibility index (Phi) is 7.02. The quantitative estimate of drug-likeness (QED) is 0.641. The van der Waals surface area contributed by atoms with Crippen LogP contribution in [0.15, 0.2) is 28.6 Å². The van der Waals surface area contributed by atoms with E-state index in [1.807, 2.05) is 0 Å². The highest BCUT2D eigenvalue weighted by Gasteiger charge is 2.17. The van der Waals surface area contributed by atoms with E-state index in [0.29, 0.717) is 27.3 Å². The fourth-order valence-corrected chi connectivity index (χ4v) is 4.09. The van der Waals surface area contributed by atoms with Crippen LogP contribution in [0.1, 0.15) is 23.2 Å². The Labute approximate surface area is 165 Å². The first-order valence-electron chi connectivity index (χ1n) is 8.44. The lowest BCUT2D eigenvalue weighted by Crippen LogP contribution is -2.32. The van der Waals surface area contributed by atoms with Crippen LogP contribution in [0.5, 0.6) is 5.75 Å². The van der Waals surface area contributed by atoms with Crippen LogP contribution < -0.4 is 15.4 Å².